The van der Waals surface area contributed by atoms with Gasteiger partial charge in [0, 0.05) is 5.56 Å². The predicted octanol–water partition coefficient (Wildman–Crippen LogP) is 2.65. The van der Waals surface area contributed by atoms with Crippen LogP contribution in [0.15, 0.2) is 18.2 Å². The number of ether oxygens (including phenoxy) is 1. The maximum Gasteiger partial charge on any atom is 0.317 e. The normalized spacial score (nSPS) is 18.4. The Morgan fingerprint density at radius 2 is 2.18 bits per heavy atom. The molecule has 1 aromatic carbocycles. The number of ketones is 1. The van der Waals surface area contributed by atoms with E-state index in [4.69, 9.17) is 16.3 Å². The predicted molar refractivity (Wildman–Crippen MR) is 64.2 cm³/mol. The highest BCUT2D eigenvalue weighted by molar-refractivity contribution is 6.35. The third-order valence-electron chi connectivity index (χ3n) is 2.72. The molecule has 0 amide bonds. The number of hydrogen-bond donors (Lipinski definition) is 0. The molecule has 0 radical (unpaired) electrons. The molecule has 0 saturated heterocycles. The fourth-order valence-corrected chi connectivity index (χ4v) is 2.29. The van der Waals surface area contributed by atoms with E-state index < -0.39 is 11.9 Å². The van der Waals surface area contributed by atoms with Crippen molar-refractivity contribution in [3.8, 4) is 0 Å². The van der Waals surface area contributed by atoms with Gasteiger partial charge in [0.2, 0.25) is 0 Å². The standard InChI is InChI=1S/C13H13ClO3/c1-7(2)17-13(16)9-6-8-4-3-5-10(14)11(8)12(9)15/h3-5,7,9H,6H2,1-2H3. The molecule has 0 saturated carbocycles. The number of halogens is 1. The Balaban J connectivity index is 2.26. The Bertz CT molecular complexity index is 480. The Labute approximate surface area is 105 Å². The summed E-state index contributed by atoms with van der Waals surface area (Å²) in [6.45, 7) is 3.52. The molecular formula is C13H13ClO3. The lowest BCUT2D eigenvalue weighted by Crippen LogP contribution is -2.25. The molecule has 2 rings (SSSR count). The second kappa shape index (κ2) is 4.49. The molecule has 0 bridgehead atoms. The molecule has 0 fully saturated rings. The number of benzene rings is 1. The topological polar surface area (TPSA) is 43.4 Å². The minimum absolute atomic E-state index is 0.213. The van der Waals surface area contributed by atoms with Crippen molar-refractivity contribution in [1.82, 2.24) is 0 Å². The van der Waals surface area contributed by atoms with Crippen LogP contribution in [0.4, 0.5) is 0 Å². The summed E-state index contributed by atoms with van der Waals surface area (Å²) in [4.78, 5) is 23.8. The van der Waals surface area contributed by atoms with Crippen LogP contribution in [0.5, 0.6) is 0 Å². The van der Waals surface area contributed by atoms with E-state index in [-0.39, 0.29) is 11.9 Å². The largest absolute Gasteiger partial charge is 0.462 e. The van der Waals surface area contributed by atoms with Crippen LogP contribution in [0.25, 0.3) is 0 Å². The fourth-order valence-electron chi connectivity index (χ4n) is 2.01. The zero-order valence-electron chi connectivity index (χ0n) is 9.70. The van der Waals surface area contributed by atoms with Gasteiger partial charge in [-0.15, -0.1) is 0 Å². The highest BCUT2D eigenvalue weighted by atomic mass is 35.5. The van der Waals surface area contributed by atoms with Gasteiger partial charge in [0.15, 0.2) is 5.78 Å². The molecule has 0 heterocycles. The van der Waals surface area contributed by atoms with Gasteiger partial charge in [-0.2, -0.15) is 0 Å². The van der Waals surface area contributed by atoms with Gasteiger partial charge >= 0.3 is 5.97 Å². The molecule has 0 aliphatic heterocycles. The van der Waals surface area contributed by atoms with Crippen molar-refractivity contribution in [2.45, 2.75) is 26.4 Å². The third kappa shape index (κ3) is 2.20. The molecule has 3 nitrogen and oxygen atoms in total. The van der Waals surface area contributed by atoms with Crippen molar-refractivity contribution in [2.75, 3.05) is 0 Å². The lowest BCUT2D eigenvalue weighted by atomic mass is 10.1. The average molecular weight is 253 g/mol. The van der Waals surface area contributed by atoms with E-state index >= 15 is 0 Å². The highest BCUT2D eigenvalue weighted by Gasteiger charge is 2.38. The Morgan fingerprint density at radius 3 is 2.76 bits per heavy atom. The van der Waals surface area contributed by atoms with Crippen LogP contribution >= 0.6 is 11.6 Å². The van der Waals surface area contributed by atoms with Gasteiger partial charge in [0.05, 0.1) is 11.1 Å². The summed E-state index contributed by atoms with van der Waals surface area (Å²) in [6.07, 6.45) is 0.176. The van der Waals surface area contributed by atoms with Crippen molar-refractivity contribution in [3.05, 3.63) is 34.3 Å². The minimum atomic E-state index is -0.729. The number of hydrogen-bond acceptors (Lipinski definition) is 3. The van der Waals surface area contributed by atoms with Crippen molar-refractivity contribution in [3.63, 3.8) is 0 Å². The van der Waals surface area contributed by atoms with Gasteiger partial charge < -0.3 is 4.74 Å². The van der Waals surface area contributed by atoms with Crippen molar-refractivity contribution in [1.29, 1.82) is 0 Å². The average Bonchev–Trinajstić information content (AvgIpc) is 2.56. The zero-order chi connectivity index (χ0) is 12.6. The van der Waals surface area contributed by atoms with Crippen LogP contribution in [0.2, 0.25) is 5.02 Å². The van der Waals surface area contributed by atoms with Crippen molar-refractivity contribution >= 4 is 23.4 Å². The first-order valence-corrected chi connectivity index (χ1v) is 5.90. The molecule has 0 spiro atoms. The van der Waals surface area contributed by atoms with Gasteiger partial charge in [0.25, 0.3) is 0 Å². The molecule has 90 valence electrons. The molecular weight excluding hydrogens is 240 g/mol. The maximum atomic E-state index is 12.1. The first-order valence-electron chi connectivity index (χ1n) is 5.52. The van der Waals surface area contributed by atoms with E-state index in [1.165, 1.54) is 0 Å². The molecule has 4 heteroatoms. The summed E-state index contributed by atoms with van der Waals surface area (Å²) >= 11 is 5.97. The number of carbonyl (C=O) groups is 2. The number of esters is 1. The van der Waals surface area contributed by atoms with Crippen LogP contribution in [0, 0.1) is 5.92 Å². The van der Waals surface area contributed by atoms with Crippen LogP contribution < -0.4 is 0 Å². The lowest BCUT2D eigenvalue weighted by molar-refractivity contribution is -0.150. The van der Waals surface area contributed by atoms with E-state index in [9.17, 15) is 9.59 Å². The SMILES string of the molecule is CC(C)OC(=O)C1Cc2cccc(Cl)c2C1=O. The number of rotatable bonds is 2. The highest BCUT2D eigenvalue weighted by Crippen LogP contribution is 2.32. The van der Waals surface area contributed by atoms with E-state index in [0.29, 0.717) is 17.0 Å². The molecule has 0 N–H and O–H groups in total. The summed E-state index contributed by atoms with van der Waals surface area (Å²) in [5, 5.41) is 0.410. The van der Waals surface area contributed by atoms with Gasteiger partial charge in [-0.25, -0.2) is 0 Å². The zero-order valence-corrected chi connectivity index (χ0v) is 10.5. The lowest BCUT2D eigenvalue weighted by Gasteiger charge is -2.11. The maximum absolute atomic E-state index is 12.1. The smallest absolute Gasteiger partial charge is 0.317 e. The van der Waals surface area contributed by atoms with Crippen molar-refractivity contribution < 1.29 is 14.3 Å². The van der Waals surface area contributed by atoms with Gasteiger partial charge in [0.1, 0.15) is 5.92 Å². The molecule has 1 unspecified atom stereocenters. The minimum Gasteiger partial charge on any atom is -0.462 e. The van der Waals surface area contributed by atoms with E-state index in [2.05, 4.69) is 0 Å². The Hall–Kier alpha value is -1.35. The first kappa shape index (κ1) is 12.1. The molecule has 17 heavy (non-hydrogen) atoms. The summed E-state index contributed by atoms with van der Waals surface area (Å²) in [5.41, 5.74) is 1.30. The monoisotopic (exact) mass is 252 g/mol. The van der Waals surface area contributed by atoms with E-state index in [0.717, 1.165) is 5.56 Å². The van der Waals surface area contributed by atoms with E-state index in [1.807, 2.05) is 6.07 Å². The Morgan fingerprint density at radius 1 is 1.47 bits per heavy atom. The number of carbonyl (C=O) groups excluding carboxylic acids is 2. The molecule has 1 aromatic rings. The number of fused-ring (bicyclic) bond motifs is 1. The molecule has 0 aromatic heterocycles. The summed E-state index contributed by atoms with van der Waals surface area (Å²) in [6, 6.07) is 5.26. The van der Waals surface area contributed by atoms with Crippen LogP contribution in [-0.4, -0.2) is 17.9 Å². The van der Waals surface area contributed by atoms with Crippen LogP contribution in [0.1, 0.15) is 29.8 Å². The molecule has 1 atom stereocenters. The second-order valence-corrected chi connectivity index (χ2v) is 4.79. The van der Waals surface area contributed by atoms with E-state index in [1.54, 1.807) is 26.0 Å². The third-order valence-corrected chi connectivity index (χ3v) is 3.04. The summed E-state index contributed by atoms with van der Waals surface area (Å²) < 4.78 is 5.07. The quantitative estimate of drug-likeness (QED) is 0.600. The fraction of sp³-hybridized carbons (Fsp3) is 0.385. The van der Waals surface area contributed by atoms with Crippen LogP contribution in [-0.2, 0) is 16.0 Å². The van der Waals surface area contributed by atoms with Gasteiger partial charge in [-0.1, -0.05) is 23.7 Å². The summed E-state index contributed by atoms with van der Waals surface area (Å²) in [5.74, 6) is -1.42. The van der Waals surface area contributed by atoms with Crippen LogP contribution in [0.3, 0.4) is 0 Å². The van der Waals surface area contributed by atoms with Crippen molar-refractivity contribution in [2.24, 2.45) is 5.92 Å². The molecule has 1 aliphatic rings. The first-order chi connectivity index (χ1) is 8.00. The van der Waals surface area contributed by atoms with Gasteiger partial charge in [-0.05, 0) is 31.9 Å². The van der Waals surface area contributed by atoms with Gasteiger partial charge in [-0.3, -0.25) is 9.59 Å². The molecule has 1 aliphatic carbocycles. The summed E-state index contributed by atoms with van der Waals surface area (Å²) in [7, 11) is 0. The number of Topliss-reactive ketones (excluding diaryl/α,β-unsaturated/α-hetero) is 1. The Kier molecular flexibility index (Phi) is 3.20. The second-order valence-electron chi connectivity index (χ2n) is 4.38.